The Kier molecular flexibility index (Phi) is 5.22. The molecule has 136 valence electrons. The lowest BCUT2D eigenvalue weighted by atomic mass is 9.72. The molecule has 3 aliphatic rings. The molecule has 24 heavy (non-hydrogen) atoms. The van der Waals surface area contributed by atoms with Gasteiger partial charge in [-0.1, -0.05) is 19.3 Å². The van der Waals surface area contributed by atoms with Crippen molar-refractivity contribution in [3.05, 3.63) is 0 Å². The van der Waals surface area contributed by atoms with Crippen molar-refractivity contribution in [3.63, 3.8) is 0 Å². The number of hydrogen-bond donors (Lipinski definition) is 0. The lowest BCUT2D eigenvalue weighted by molar-refractivity contribution is -0.132. The summed E-state index contributed by atoms with van der Waals surface area (Å²) in [7, 11) is 0. The smallest absolute Gasteiger partial charge is 0.410 e. The van der Waals surface area contributed by atoms with E-state index in [4.69, 9.17) is 4.74 Å². The average Bonchev–Trinajstić information content (AvgIpc) is 2.52. The zero-order valence-electron chi connectivity index (χ0n) is 15.6. The fourth-order valence-corrected chi connectivity index (χ4v) is 4.95. The predicted molar refractivity (Wildman–Crippen MR) is 93.8 cm³/mol. The predicted octanol–water partition coefficient (Wildman–Crippen LogP) is 4.70. The molecule has 0 spiro atoms. The highest BCUT2D eigenvalue weighted by Gasteiger charge is 2.45. The van der Waals surface area contributed by atoms with Crippen LogP contribution in [0.3, 0.4) is 0 Å². The lowest BCUT2D eigenvalue weighted by Crippen LogP contribution is -2.57. The molecule has 1 amide bonds. The van der Waals surface area contributed by atoms with Crippen LogP contribution in [0.4, 0.5) is 4.79 Å². The van der Waals surface area contributed by atoms with Crippen LogP contribution < -0.4 is 0 Å². The summed E-state index contributed by atoms with van der Waals surface area (Å²) in [6.07, 6.45) is 10.6. The molecule has 0 radical (unpaired) electrons. The quantitative estimate of drug-likeness (QED) is 0.734. The number of carbonyl (C=O) groups is 2. The van der Waals surface area contributed by atoms with Crippen LogP contribution in [0.5, 0.6) is 0 Å². The van der Waals surface area contributed by atoms with Gasteiger partial charge in [0.2, 0.25) is 0 Å². The van der Waals surface area contributed by atoms with Crippen LogP contribution in [0, 0.1) is 11.8 Å². The molecular weight excluding hydrogens is 302 g/mol. The molecule has 4 heteroatoms. The van der Waals surface area contributed by atoms with Crippen molar-refractivity contribution in [1.82, 2.24) is 4.90 Å². The molecule has 2 atom stereocenters. The summed E-state index contributed by atoms with van der Waals surface area (Å²) in [6.45, 7) is 5.75. The molecule has 3 rings (SSSR count). The first-order valence-corrected chi connectivity index (χ1v) is 9.90. The second-order valence-electron chi connectivity index (χ2n) is 9.03. The number of hydrogen-bond acceptors (Lipinski definition) is 3. The molecule has 2 saturated heterocycles. The zero-order valence-corrected chi connectivity index (χ0v) is 15.6. The molecule has 0 N–H and O–H groups in total. The molecule has 2 aliphatic heterocycles. The minimum Gasteiger partial charge on any atom is -0.444 e. The Morgan fingerprint density at radius 1 is 0.833 bits per heavy atom. The third-order valence-electron chi connectivity index (χ3n) is 5.99. The second-order valence-corrected chi connectivity index (χ2v) is 9.03. The number of ether oxygens (including phenoxy) is 1. The van der Waals surface area contributed by atoms with Crippen LogP contribution in [-0.4, -0.2) is 34.5 Å². The van der Waals surface area contributed by atoms with Gasteiger partial charge in [0, 0.05) is 23.9 Å². The SMILES string of the molecule is CC(C)(C)OC(=O)N1C2CCCC1CC(C(=O)C1CCCCC1)C2. The minimum atomic E-state index is -0.458. The van der Waals surface area contributed by atoms with Crippen LogP contribution in [0.15, 0.2) is 0 Å². The van der Waals surface area contributed by atoms with Crippen molar-refractivity contribution < 1.29 is 14.3 Å². The third-order valence-corrected chi connectivity index (χ3v) is 5.99. The maximum absolute atomic E-state index is 13.0. The van der Waals surface area contributed by atoms with E-state index in [1.807, 2.05) is 25.7 Å². The van der Waals surface area contributed by atoms with Gasteiger partial charge in [-0.15, -0.1) is 0 Å². The fourth-order valence-electron chi connectivity index (χ4n) is 4.95. The Hall–Kier alpha value is -1.06. The Morgan fingerprint density at radius 3 is 1.96 bits per heavy atom. The van der Waals surface area contributed by atoms with Crippen molar-refractivity contribution in [2.45, 2.75) is 103 Å². The highest BCUT2D eigenvalue weighted by Crippen LogP contribution is 2.40. The van der Waals surface area contributed by atoms with Crippen LogP contribution in [-0.2, 0) is 9.53 Å². The monoisotopic (exact) mass is 335 g/mol. The summed E-state index contributed by atoms with van der Waals surface area (Å²) in [5.74, 6) is 0.954. The highest BCUT2D eigenvalue weighted by atomic mass is 16.6. The van der Waals surface area contributed by atoms with E-state index in [-0.39, 0.29) is 30.0 Å². The van der Waals surface area contributed by atoms with Crippen LogP contribution in [0.2, 0.25) is 0 Å². The first-order chi connectivity index (χ1) is 11.3. The molecule has 2 bridgehead atoms. The Labute approximate surface area is 146 Å². The van der Waals surface area contributed by atoms with E-state index in [1.54, 1.807) is 0 Å². The minimum absolute atomic E-state index is 0.169. The summed E-state index contributed by atoms with van der Waals surface area (Å²) >= 11 is 0. The number of rotatable bonds is 2. The number of carbonyl (C=O) groups excluding carboxylic acids is 2. The molecule has 0 aromatic carbocycles. The summed E-state index contributed by atoms with van der Waals surface area (Å²) in [6, 6.07) is 0.398. The van der Waals surface area contributed by atoms with Crippen molar-refractivity contribution in [2.24, 2.45) is 11.8 Å². The molecule has 2 unspecified atom stereocenters. The largest absolute Gasteiger partial charge is 0.444 e. The van der Waals surface area contributed by atoms with Gasteiger partial charge < -0.3 is 9.64 Å². The van der Waals surface area contributed by atoms with Crippen molar-refractivity contribution in [2.75, 3.05) is 0 Å². The van der Waals surface area contributed by atoms with Crippen molar-refractivity contribution >= 4 is 11.9 Å². The third kappa shape index (κ3) is 3.94. The summed E-state index contributed by atoms with van der Waals surface area (Å²) in [4.78, 5) is 27.6. The van der Waals surface area contributed by atoms with E-state index in [0.717, 1.165) is 38.5 Å². The molecule has 4 nitrogen and oxygen atoms in total. The van der Waals surface area contributed by atoms with E-state index in [2.05, 4.69) is 0 Å². The van der Waals surface area contributed by atoms with Crippen LogP contribution in [0.1, 0.15) is 85.0 Å². The van der Waals surface area contributed by atoms with Gasteiger partial charge in [-0.05, 0) is 65.7 Å². The number of amides is 1. The Bertz CT molecular complexity index is 462. The van der Waals surface area contributed by atoms with E-state index in [0.29, 0.717) is 5.78 Å². The molecular formula is C20H33NO3. The van der Waals surface area contributed by atoms with Crippen molar-refractivity contribution in [1.29, 1.82) is 0 Å². The van der Waals surface area contributed by atoms with E-state index < -0.39 is 5.60 Å². The number of fused-ring (bicyclic) bond motifs is 2. The van der Waals surface area contributed by atoms with Crippen LogP contribution in [0.25, 0.3) is 0 Å². The Balaban J connectivity index is 1.66. The second kappa shape index (κ2) is 7.05. The topological polar surface area (TPSA) is 46.6 Å². The van der Waals surface area contributed by atoms with Gasteiger partial charge in [-0.25, -0.2) is 4.79 Å². The summed E-state index contributed by atoms with van der Waals surface area (Å²) in [5.41, 5.74) is -0.458. The number of Topliss-reactive ketones (excluding diaryl/α,β-unsaturated/α-hetero) is 1. The van der Waals surface area contributed by atoms with Crippen LogP contribution >= 0.6 is 0 Å². The lowest BCUT2D eigenvalue weighted by Gasteiger charge is -2.48. The first kappa shape index (κ1) is 17.8. The molecule has 1 saturated carbocycles. The molecule has 3 fully saturated rings. The Morgan fingerprint density at radius 2 is 1.42 bits per heavy atom. The van der Waals surface area contributed by atoms with Gasteiger partial charge in [-0.3, -0.25) is 4.79 Å². The van der Waals surface area contributed by atoms with Gasteiger partial charge in [0.05, 0.1) is 0 Å². The standard InChI is InChI=1S/C20H33NO3/c1-20(2,3)24-19(23)21-16-10-7-11-17(21)13-15(12-16)18(22)14-8-5-4-6-9-14/h14-17H,4-13H2,1-3H3. The molecule has 2 heterocycles. The molecule has 0 aromatic rings. The van der Waals surface area contributed by atoms with Gasteiger partial charge in [-0.2, -0.15) is 0 Å². The molecule has 1 aliphatic carbocycles. The van der Waals surface area contributed by atoms with E-state index in [1.165, 1.54) is 25.7 Å². The van der Waals surface area contributed by atoms with E-state index >= 15 is 0 Å². The van der Waals surface area contributed by atoms with Crippen molar-refractivity contribution in [3.8, 4) is 0 Å². The summed E-state index contributed by atoms with van der Waals surface area (Å²) in [5, 5.41) is 0. The number of nitrogens with zero attached hydrogens (tertiary/aromatic N) is 1. The normalized spacial score (nSPS) is 31.6. The number of piperidine rings is 2. The maximum atomic E-state index is 13.0. The van der Waals surface area contributed by atoms with Gasteiger partial charge >= 0.3 is 6.09 Å². The summed E-state index contributed by atoms with van der Waals surface area (Å²) < 4.78 is 5.63. The maximum Gasteiger partial charge on any atom is 0.410 e. The molecule has 0 aromatic heterocycles. The van der Waals surface area contributed by atoms with E-state index in [9.17, 15) is 9.59 Å². The zero-order chi connectivity index (χ0) is 17.3. The fraction of sp³-hybridized carbons (Fsp3) is 0.900. The number of ketones is 1. The average molecular weight is 335 g/mol. The van der Waals surface area contributed by atoms with Gasteiger partial charge in [0.1, 0.15) is 11.4 Å². The van der Waals surface area contributed by atoms with Gasteiger partial charge in [0.25, 0.3) is 0 Å². The van der Waals surface area contributed by atoms with Gasteiger partial charge in [0.15, 0.2) is 0 Å². The highest BCUT2D eigenvalue weighted by molar-refractivity contribution is 5.84. The first-order valence-electron chi connectivity index (χ1n) is 9.90.